The Kier molecular flexibility index (Phi) is 5.83. The van der Waals surface area contributed by atoms with E-state index < -0.39 is 0 Å². The molecule has 1 saturated heterocycles. The lowest BCUT2D eigenvalue weighted by atomic mass is 10.2. The van der Waals surface area contributed by atoms with Crippen molar-refractivity contribution in [2.45, 2.75) is 25.8 Å². The number of rotatable bonds is 5. The summed E-state index contributed by atoms with van der Waals surface area (Å²) in [5, 5.41) is 3.62. The highest BCUT2D eigenvalue weighted by Crippen LogP contribution is 2.16. The van der Waals surface area contributed by atoms with Crippen molar-refractivity contribution in [3.05, 3.63) is 0 Å². The monoisotopic (exact) mass is 202 g/mol. The zero-order chi connectivity index (χ0) is 9.52. The van der Waals surface area contributed by atoms with E-state index in [9.17, 15) is 0 Å². The van der Waals surface area contributed by atoms with Crippen LogP contribution in [0.4, 0.5) is 0 Å². The lowest BCUT2D eigenvalue weighted by Gasteiger charge is -2.23. The van der Waals surface area contributed by atoms with E-state index in [-0.39, 0.29) is 0 Å². The van der Waals surface area contributed by atoms with Gasteiger partial charge in [0.1, 0.15) is 0 Å². The standard InChI is InChI=1S/C10H22N2S/c1-3-12(2)7-6-11-10-5-4-8-13-9-10/h10-11H,3-9H2,1-2H3. The van der Waals surface area contributed by atoms with Crippen molar-refractivity contribution in [2.75, 3.05) is 38.2 Å². The number of thioether (sulfide) groups is 1. The van der Waals surface area contributed by atoms with Crippen LogP contribution in [-0.2, 0) is 0 Å². The van der Waals surface area contributed by atoms with E-state index in [4.69, 9.17) is 0 Å². The molecule has 1 rings (SSSR count). The van der Waals surface area contributed by atoms with Crippen molar-refractivity contribution in [1.29, 1.82) is 0 Å². The fourth-order valence-electron chi connectivity index (χ4n) is 1.52. The summed E-state index contributed by atoms with van der Waals surface area (Å²) in [4.78, 5) is 2.35. The number of nitrogens with zero attached hydrogens (tertiary/aromatic N) is 1. The van der Waals surface area contributed by atoms with E-state index >= 15 is 0 Å². The molecule has 0 aromatic heterocycles. The average Bonchev–Trinajstić information content (AvgIpc) is 2.19. The van der Waals surface area contributed by atoms with Gasteiger partial charge in [0, 0.05) is 24.9 Å². The van der Waals surface area contributed by atoms with Gasteiger partial charge in [-0.05, 0) is 32.2 Å². The fraction of sp³-hybridized carbons (Fsp3) is 1.00. The average molecular weight is 202 g/mol. The van der Waals surface area contributed by atoms with Crippen molar-refractivity contribution in [1.82, 2.24) is 10.2 Å². The minimum atomic E-state index is 0.781. The van der Waals surface area contributed by atoms with Crippen LogP contribution in [0.5, 0.6) is 0 Å². The molecule has 0 amide bonds. The van der Waals surface area contributed by atoms with E-state index in [2.05, 4.69) is 35.9 Å². The van der Waals surface area contributed by atoms with E-state index in [1.54, 1.807) is 0 Å². The molecule has 1 fully saturated rings. The number of likely N-dealkylation sites (N-methyl/N-ethyl adjacent to an activating group) is 1. The smallest absolute Gasteiger partial charge is 0.0159 e. The maximum Gasteiger partial charge on any atom is 0.0159 e. The minimum absolute atomic E-state index is 0.781. The highest BCUT2D eigenvalue weighted by Gasteiger charge is 2.12. The summed E-state index contributed by atoms with van der Waals surface area (Å²) >= 11 is 2.09. The molecule has 0 radical (unpaired) electrons. The molecule has 2 nitrogen and oxygen atoms in total. The molecule has 0 spiro atoms. The molecule has 0 bridgehead atoms. The maximum absolute atomic E-state index is 3.62. The molecular formula is C10H22N2S. The van der Waals surface area contributed by atoms with Crippen LogP contribution in [0.15, 0.2) is 0 Å². The van der Waals surface area contributed by atoms with Crippen molar-refractivity contribution < 1.29 is 0 Å². The third kappa shape index (κ3) is 4.89. The number of hydrogen-bond acceptors (Lipinski definition) is 3. The molecule has 0 aliphatic carbocycles. The predicted molar refractivity (Wildman–Crippen MR) is 61.5 cm³/mol. The van der Waals surface area contributed by atoms with Gasteiger partial charge in [0.05, 0.1) is 0 Å². The van der Waals surface area contributed by atoms with Crippen LogP contribution in [0, 0.1) is 0 Å². The molecule has 13 heavy (non-hydrogen) atoms. The molecule has 78 valence electrons. The van der Waals surface area contributed by atoms with E-state index in [1.807, 2.05) is 0 Å². The summed E-state index contributed by atoms with van der Waals surface area (Å²) in [7, 11) is 2.18. The van der Waals surface area contributed by atoms with Gasteiger partial charge in [-0.1, -0.05) is 6.92 Å². The van der Waals surface area contributed by atoms with E-state index in [1.165, 1.54) is 30.9 Å². The SMILES string of the molecule is CCN(C)CCNC1CCCSC1. The normalized spacial score (nSPS) is 23.8. The Hall–Kier alpha value is 0.270. The van der Waals surface area contributed by atoms with Crippen molar-refractivity contribution >= 4 is 11.8 Å². The first-order valence-corrected chi connectivity index (χ1v) is 6.48. The van der Waals surface area contributed by atoms with Gasteiger partial charge in [-0.15, -0.1) is 0 Å². The highest BCUT2D eigenvalue weighted by atomic mass is 32.2. The van der Waals surface area contributed by atoms with Crippen LogP contribution < -0.4 is 5.32 Å². The Morgan fingerprint density at radius 3 is 3.00 bits per heavy atom. The Labute approximate surface area is 86.5 Å². The zero-order valence-electron chi connectivity index (χ0n) is 8.88. The summed E-state index contributed by atoms with van der Waals surface area (Å²) in [6.45, 7) is 5.69. The summed E-state index contributed by atoms with van der Waals surface area (Å²) in [5.41, 5.74) is 0. The molecule has 1 atom stereocenters. The Morgan fingerprint density at radius 2 is 2.38 bits per heavy atom. The highest BCUT2D eigenvalue weighted by molar-refractivity contribution is 7.99. The molecule has 0 aromatic carbocycles. The fourth-order valence-corrected chi connectivity index (χ4v) is 2.63. The topological polar surface area (TPSA) is 15.3 Å². The van der Waals surface area contributed by atoms with Gasteiger partial charge in [-0.25, -0.2) is 0 Å². The molecule has 1 aliphatic rings. The molecule has 1 unspecified atom stereocenters. The van der Waals surface area contributed by atoms with Gasteiger partial charge in [-0.3, -0.25) is 0 Å². The molecule has 1 aliphatic heterocycles. The lowest BCUT2D eigenvalue weighted by Crippen LogP contribution is -2.38. The molecule has 0 aromatic rings. The molecule has 1 heterocycles. The van der Waals surface area contributed by atoms with Gasteiger partial charge in [0.2, 0.25) is 0 Å². The minimum Gasteiger partial charge on any atom is -0.312 e. The zero-order valence-corrected chi connectivity index (χ0v) is 9.70. The van der Waals surface area contributed by atoms with E-state index in [0.717, 1.165) is 19.1 Å². The second-order valence-corrected chi connectivity index (χ2v) is 4.91. The Morgan fingerprint density at radius 1 is 1.54 bits per heavy atom. The van der Waals surface area contributed by atoms with Crippen LogP contribution in [-0.4, -0.2) is 49.1 Å². The van der Waals surface area contributed by atoms with Gasteiger partial charge in [0.25, 0.3) is 0 Å². The van der Waals surface area contributed by atoms with Gasteiger partial charge in [0.15, 0.2) is 0 Å². The van der Waals surface area contributed by atoms with Gasteiger partial charge < -0.3 is 10.2 Å². The Bertz CT molecular complexity index is 124. The van der Waals surface area contributed by atoms with Crippen LogP contribution in [0.3, 0.4) is 0 Å². The Balaban J connectivity index is 1.98. The maximum atomic E-state index is 3.62. The number of nitrogens with one attached hydrogen (secondary N) is 1. The first kappa shape index (κ1) is 11.3. The van der Waals surface area contributed by atoms with Crippen molar-refractivity contribution in [3.8, 4) is 0 Å². The van der Waals surface area contributed by atoms with Crippen LogP contribution >= 0.6 is 11.8 Å². The third-order valence-electron chi connectivity index (χ3n) is 2.63. The molecule has 1 N–H and O–H groups in total. The van der Waals surface area contributed by atoms with Crippen LogP contribution in [0.1, 0.15) is 19.8 Å². The third-order valence-corrected chi connectivity index (χ3v) is 3.84. The molecular weight excluding hydrogens is 180 g/mol. The van der Waals surface area contributed by atoms with E-state index in [0.29, 0.717) is 0 Å². The summed E-state index contributed by atoms with van der Waals surface area (Å²) in [6, 6.07) is 0.781. The summed E-state index contributed by atoms with van der Waals surface area (Å²) < 4.78 is 0. The first-order valence-electron chi connectivity index (χ1n) is 5.32. The van der Waals surface area contributed by atoms with Crippen molar-refractivity contribution in [2.24, 2.45) is 0 Å². The largest absolute Gasteiger partial charge is 0.312 e. The predicted octanol–water partition coefficient (Wildman–Crippen LogP) is 1.42. The van der Waals surface area contributed by atoms with Crippen molar-refractivity contribution in [3.63, 3.8) is 0 Å². The molecule has 0 saturated carbocycles. The summed E-state index contributed by atoms with van der Waals surface area (Å²) in [6.07, 6.45) is 2.77. The van der Waals surface area contributed by atoms with Gasteiger partial charge >= 0.3 is 0 Å². The van der Waals surface area contributed by atoms with Gasteiger partial charge in [-0.2, -0.15) is 11.8 Å². The lowest BCUT2D eigenvalue weighted by molar-refractivity contribution is 0.339. The quantitative estimate of drug-likeness (QED) is 0.726. The second-order valence-electron chi connectivity index (χ2n) is 3.76. The van der Waals surface area contributed by atoms with Crippen LogP contribution in [0.25, 0.3) is 0 Å². The molecule has 3 heteroatoms. The second kappa shape index (κ2) is 6.68. The van der Waals surface area contributed by atoms with Crippen LogP contribution in [0.2, 0.25) is 0 Å². The first-order chi connectivity index (χ1) is 6.33. The number of hydrogen-bond donors (Lipinski definition) is 1. The summed E-state index contributed by atoms with van der Waals surface area (Å²) in [5.74, 6) is 2.68.